The zero-order valence-electron chi connectivity index (χ0n) is 20.4. The predicted octanol–water partition coefficient (Wildman–Crippen LogP) is 3.83. The number of aryl methyl sites for hydroxylation is 2. The average Bonchev–Trinajstić information content (AvgIpc) is 3.35. The summed E-state index contributed by atoms with van der Waals surface area (Å²) in [5, 5.41) is 2.87. The maximum Gasteiger partial charge on any atom is 0.229 e. The molecule has 3 aromatic heterocycles. The molecule has 3 heterocycles. The number of anilines is 1. The van der Waals surface area contributed by atoms with Crippen LogP contribution in [-0.4, -0.2) is 41.0 Å². The van der Waals surface area contributed by atoms with Crippen molar-refractivity contribution < 1.29 is 13.8 Å². The molecule has 0 saturated carbocycles. The Morgan fingerprint density at radius 2 is 1.89 bits per heavy atom. The maximum atomic E-state index is 13.8. The molecule has 0 bridgehead atoms. The van der Waals surface area contributed by atoms with E-state index in [0.29, 0.717) is 47.0 Å². The number of benzene rings is 1. The van der Waals surface area contributed by atoms with Gasteiger partial charge in [0.15, 0.2) is 11.4 Å². The lowest BCUT2D eigenvalue weighted by molar-refractivity contribution is -0.115. The molecule has 1 amide bonds. The van der Waals surface area contributed by atoms with E-state index in [1.54, 1.807) is 30.6 Å². The number of nitrogens with zero attached hydrogens (tertiary/aromatic N) is 4. The monoisotopic (exact) mass is 501 g/mol. The van der Waals surface area contributed by atoms with Crippen molar-refractivity contribution in [1.82, 2.24) is 19.4 Å². The van der Waals surface area contributed by atoms with E-state index in [0.717, 1.165) is 16.0 Å². The van der Waals surface area contributed by atoms with Gasteiger partial charge >= 0.3 is 0 Å². The van der Waals surface area contributed by atoms with Gasteiger partial charge in [0.05, 0.1) is 34.0 Å². The number of Topliss-reactive ketones (excluding diaryl/α,β-unsaturated/α-hetero) is 1. The van der Waals surface area contributed by atoms with E-state index in [4.69, 9.17) is 0 Å². The molecule has 2 unspecified atom stereocenters. The van der Waals surface area contributed by atoms with Crippen LogP contribution in [0.3, 0.4) is 0 Å². The van der Waals surface area contributed by atoms with E-state index in [1.165, 1.54) is 0 Å². The molecule has 4 aromatic rings. The van der Waals surface area contributed by atoms with Crippen LogP contribution in [0.25, 0.3) is 5.65 Å². The Balaban J connectivity index is 1.36. The average molecular weight is 502 g/mol. The zero-order valence-corrected chi connectivity index (χ0v) is 21.3. The standard InChI is InChI=1S/C27H27N5O3S/c1-4-36(35)19-7-5-18(6-8-19)16-22(33)31-21-15-17(2)23-20(30-21)9-10-27(3,25(23)34)24-26-29-12-14-32(26)13-11-28-24/h5-8,11-15H,4,9-10,16H2,1-3H3,(H,30,31,33). The second kappa shape index (κ2) is 9.39. The molecule has 0 spiro atoms. The molecular formula is C27H27N5O3S. The van der Waals surface area contributed by atoms with Gasteiger partial charge < -0.3 is 9.72 Å². The highest BCUT2D eigenvalue weighted by Crippen LogP contribution is 2.39. The lowest BCUT2D eigenvalue weighted by Gasteiger charge is -2.33. The number of rotatable bonds is 6. The van der Waals surface area contributed by atoms with Gasteiger partial charge in [0.1, 0.15) is 5.82 Å². The number of aromatic nitrogens is 4. The largest absolute Gasteiger partial charge is 0.310 e. The van der Waals surface area contributed by atoms with Crippen molar-refractivity contribution in [2.24, 2.45) is 0 Å². The summed E-state index contributed by atoms with van der Waals surface area (Å²) < 4.78 is 13.8. The number of carbonyl (C=O) groups is 2. The lowest BCUT2D eigenvalue weighted by Crippen LogP contribution is -2.39. The fourth-order valence-corrected chi connectivity index (χ4v) is 5.59. The van der Waals surface area contributed by atoms with Crippen molar-refractivity contribution >= 4 is 34.0 Å². The van der Waals surface area contributed by atoms with E-state index in [9.17, 15) is 13.8 Å². The zero-order chi connectivity index (χ0) is 25.4. The third kappa shape index (κ3) is 4.24. The van der Waals surface area contributed by atoms with Gasteiger partial charge in [-0.15, -0.1) is 0 Å². The first kappa shape index (κ1) is 24.0. The topological polar surface area (TPSA) is 106 Å². The van der Waals surface area contributed by atoms with Gasteiger partial charge in [-0.25, -0.2) is 9.97 Å². The minimum Gasteiger partial charge on any atom is -0.310 e. The molecule has 1 aliphatic rings. The van der Waals surface area contributed by atoms with Crippen LogP contribution >= 0.6 is 0 Å². The van der Waals surface area contributed by atoms with E-state index < -0.39 is 16.2 Å². The molecule has 2 atom stereocenters. The van der Waals surface area contributed by atoms with Crippen LogP contribution in [0.15, 0.2) is 60.0 Å². The third-order valence-electron chi connectivity index (χ3n) is 6.80. The SMILES string of the molecule is CCS(=O)c1ccc(CC(=O)Nc2cc(C)c3c(n2)CCC(C)(c2nccn4ccnc24)C3=O)cc1. The van der Waals surface area contributed by atoms with E-state index >= 15 is 0 Å². The molecule has 184 valence electrons. The molecule has 1 aliphatic carbocycles. The van der Waals surface area contributed by atoms with Gasteiger partial charge in [0.2, 0.25) is 5.91 Å². The van der Waals surface area contributed by atoms with Crippen molar-refractivity contribution in [3.05, 3.63) is 83.2 Å². The second-order valence-corrected chi connectivity index (χ2v) is 11.0. The van der Waals surface area contributed by atoms with Gasteiger partial charge in [-0.3, -0.25) is 18.8 Å². The minimum atomic E-state index is -1.02. The first-order chi connectivity index (χ1) is 17.3. The molecule has 0 fully saturated rings. The Bertz CT molecular complexity index is 1510. The van der Waals surface area contributed by atoms with Crippen molar-refractivity contribution in [2.75, 3.05) is 11.1 Å². The summed E-state index contributed by atoms with van der Waals surface area (Å²) >= 11 is 0. The van der Waals surface area contributed by atoms with Gasteiger partial charge in [-0.05, 0) is 56.0 Å². The second-order valence-electron chi connectivity index (χ2n) is 9.24. The van der Waals surface area contributed by atoms with Crippen LogP contribution in [0.5, 0.6) is 0 Å². The number of carbonyl (C=O) groups excluding carboxylic acids is 2. The summed E-state index contributed by atoms with van der Waals surface area (Å²) in [6, 6.07) is 8.98. The molecule has 0 aliphatic heterocycles. The number of ketones is 1. The first-order valence-electron chi connectivity index (χ1n) is 11.9. The Kier molecular flexibility index (Phi) is 6.26. The van der Waals surface area contributed by atoms with Crippen molar-refractivity contribution in [3.8, 4) is 0 Å². The maximum absolute atomic E-state index is 13.8. The number of nitrogens with one attached hydrogen (secondary N) is 1. The lowest BCUT2D eigenvalue weighted by atomic mass is 9.70. The molecule has 1 N–H and O–H groups in total. The Labute approximate surface area is 211 Å². The van der Waals surface area contributed by atoms with Gasteiger partial charge in [-0.1, -0.05) is 19.1 Å². The van der Waals surface area contributed by atoms with Crippen LogP contribution in [0.1, 0.15) is 53.1 Å². The fraction of sp³-hybridized carbons (Fsp3) is 0.296. The summed E-state index contributed by atoms with van der Waals surface area (Å²) in [6.07, 6.45) is 8.36. The van der Waals surface area contributed by atoms with E-state index in [-0.39, 0.29) is 18.1 Å². The van der Waals surface area contributed by atoms with Crippen LogP contribution in [0.2, 0.25) is 0 Å². The molecule has 36 heavy (non-hydrogen) atoms. The smallest absolute Gasteiger partial charge is 0.229 e. The third-order valence-corrected chi connectivity index (χ3v) is 8.12. The molecule has 1 aromatic carbocycles. The van der Waals surface area contributed by atoms with Crippen LogP contribution in [0, 0.1) is 6.92 Å². The molecule has 9 heteroatoms. The first-order valence-corrected chi connectivity index (χ1v) is 13.2. The highest BCUT2D eigenvalue weighted by molar-refractivity contribution is 7.85. The Morgan fingerprint density at radius 3 is 2.61 bits per heavy atom. The minimum absolute atomic E-state index is 0.0280. The van der Waals surface area contributed by atoms with Crippen molar-refractivity contribution in [3.63, 3.8) is 0 Å². The number of pyridine rings is 1. The number of hydrogen-bond acceptors (Lipinski definition) is 6. The molecule has 0 saturated heterocycles. The van der Waals surface area contributed by atoms with Gasteiger partial charge in [-0.2, -0.15) is 0 Å². The summed E-state index contributed by atoms with van der Waals surface area (Å²) in [4.78, 5) is 40.8. The molecule has 8 nitrogen and oxygen atoms in total. The summed E-state index contributed by atoms with van der Waals surface area (Å²) in [5.74, 6) is 0.762. The molecule has 5 rings (SSSR count). The number of imidazole rings is 1. The number of amides is 1. The highest BCUT2D eigenvalue weighted by Gasteiger charge is 2.44. The highest BCUT2D eigenvalue weighted by atomic mass is 32.2. The van der Waals surface area contributed by atoms with Crippen LogP contribution < -0.4 is 5.32 Å². The van der Waals surface area contributed by atoms with Gasteiger partial charge in [0.25, 0.3) is 0 Å². The molecular weight excluding hydrogens is 474 g/mol. The number of hydrogen-bond donors (Lipinski definition) is 1. The Hall–Kier alpha value is -3.72. The predicted molar refractivity (Wildman–Crippen MR) is 138 cm³/mol. The van der Waals surface area contributed by atoms with Crippen molar-refractivity contribution in [2.45, 2.75) is 50.3 Å². The van der Waals surface area contributed by atoms with E-state index in [1.807, 2.05) is 49.7 Å². The molecule has 0 radical (unpaired) electrons. The van der Waals surface area contributed by atoms with Gasteiger partial charge in [0, 0.05) is 41.0 Å². The fourth-order valence-electron chi connectivity index (χ4n) is 4.82. The van der Waals surface area contributed by atoms with Crippen LogP contribution in [-0.2, 0) is 33.9 Å². The van der Waals surface area contributed by atoms with Crippen molar-refractivity contribution in [1.29, 1.82) is 0 Å². The summed E-state index contributed by atoms with van der Waals surface area (Å²) in [5.41, 5.74) is 3.41. The Morgan fingerprint density at radius 1 is 1.17 bits per heavy atom. The summed E-state index contributed by atoms with van der Waals surface area (Å²) in [6.45, 7) is 5.66. The summed E-state index contributed by atoms with van der Waals surface area (Å²) in [7, 11) is -1.02. The number of fused-ring (bicyclic) bond motifs is 2. The normalized spacial score (nSPS) is 18.1. The van der Waals surface area contributed by atoms with E-state index in [2.05, 4.69) is 20.3 Å². The van der Waals surface area contributed by atoms with Crippen LogP contribution in [0.4, 0.5) is 5.82 Å². The quantitative estimate of drug-likeness (QED) is 0.430.